The molecule has 0 spiro atoms. The van der Waals surface area contributed by atoms with E-state index in [1.54, 1.807) is 18.9 Å². The number of methoxy groups -OCH3 is 1. The van der Waals surface area contributed by atoms with Crippen molar-refractivity contribution in [2.75, 3.05) is 19.4 Å². The zero-order chi connectivity index (χ0) is 15.8. The van der Waals surface area contributed by atoms with Crippen LogP contribution in [0.2, 0.25) is 0 Å². The highest BCUT2D eigenvalue weighted by Gasteiger charge is 2.06. The quantitative estimate of drug-likeness (QED) is 0.628. The van der Waals surface area contributed by atoms with Crippen molar-refractivity contribution in [3.8, 4) is 5.75 Å². The van der Waals surface area contributed by atoms with Gasteiger partial charge in [-0.2, -0.15) is 0 Å². The number of rotatable bonds is 7. The molecular formula is C18H21NO2S. The number of benzene rings is 2. The lowest BCUT2D eigenvalue weighted by Crippen LogP contribution is -2.27. The molecule has 1 amide bonds. The molecule has 3 nitrogen and oxygen atoms in total. The first-order valence-electron chi connectivity index (χ1n) is 7.27. The largest absolute Gasteiger partial charge is 0.496 e. The van der Waals surface area contributed by atoms with Crippen LogP contribution in [-0.2, 0) is 11.2 Å². The molecule has 2 rings (SSSR count). The van der Waals surface area contributed by atoms with Crippen LogP contribution in [0, 0.1) is 6.92 Å². The van der Waals surface area contributed by atoms with Gasteiger partial charge in [0, 0.05) is 17.2 Å². The van der Waals surface area contributed by atoms with Gasteiger partial charge in [0.05, 0.1) is 13.5 Å². The molecule has 0 saturated carbocycles. The normalized spacial score (nSPS) is 10.3. The summed E-state index contributed by atoms with van der Waals surface area (Å²) >= 11 is 1.74. The van der Waals surface area contributed by atoms with E-state index in [0.29, 0.717) is 13.0 Å². The van der Waals surface area contributed by atoms with Crippen molar-refractivity contribution in [3.05, 3.63) is 59.7 Å². The summed E-state index contributed by atoms with van der Waals surface area (Å²) in [6.45, 7) is 2.66. The highest BCUT2D eigenvalue weighted by Crippen LogP contribution is 2.19. The smallest absolute Gasteiger partial charge is 0.224 e. The summed E-state index contributed by atoms with van der Waals surface area (Å²) in [6, 6.07) is 16.1. The lowest BCUT2D eigenvalue weighted by molar-refractivity contribution is -0.120. The van der Waals surface area contributed by atoms with E-state index in [-0.39, 0.29) is 5.91 Å². The van der Waals surface area contributed by atoms with Gasteiger partial charge < -0.3 is 10.1 Å². The molecule has 0 heterocycles. The van der Waals surface area contributed by atoms with Crippen LogP contribution in [0.4, 0.5) is 0 Å². The maximum atomic E-state index is 11.9. The van der Waals surface area contributed by atoms with E-state index in [4.69, 9.17) is 4.74 Å². The molecule has 116 valence electrons. The van der Waals surface area contributed by atoms with Gasteiger partial charge in [-0.3, -0.25) is 4.79 Å². The fourth-order valence-electron chi connectivity index (χ4n) is 2.10. The Kier molecular flexibility index (Phi) is 6.34. The average molecular weight is 315 g/mol. The maximum absolute atomic E-state index is 11.9. The third kappa shape index (κ3) is 5.11. The van der Waals surface area contributed by atoms with Gasteiger partial charge >= 0.3 is 0 Å². The zero-order valence-corrected chi connectivity index (χ0v) is 13.8. The minimum absolute atomic E-state index is 0.0413. The summed E-state index contributed by atoms with van der Waals surface area (Å²) < 4.78 is 5.28. The number of aryl methyl sites for hydroxylation is 1. The minimum atomic E-state index is 0.0413. The van der Waals surface area contributed by atoms with Crippen molar-refractivity contribution >= 4 is 17.7 Å². The Morgan fingerprint density at radius 3 is 2.68 bits per heavy atom. The molecule has 0 aliphatic carbocycles. The van der Waals surface area contributed by atoms with Crippen LogP contribution in [-0.4, -0.2) is 25.3 Å². The van der Waals surface area contributed by atoms with Crippen LogP contribution >= 0.6 is 11.8 Å². The van der Waals surface area contributed by atoms with Gasteiger partial charge in [0.25, 0.3) is 0 Å². The highest BCUT2D eigenvalue weighted by atomic mass is 32.2. The second-order valence-electron chi connectivity index (χ2n) is 4.99. The molecule has 0 aromatic heterocycles. The third-order valence-corrected chi connectivity index (χ3v) is 4.29. The molecular weight excluding hydrogens is 294 g/mol. The fourth-order valence-corrected chi connectivity index (χ4v) is 2.89. The molecule has 0 saturated heterocycles. The van der Waals surface area contributed by atoms with E-state index in [1.165, 1.54) is 4.90 Å². The second-order valence-corrected chi connectivity index (χ2v) is 6.16. The number of hydrogen-bond acceptors (Lipinski definition) is 3. The number of carbonyl (C=O) groups excluding carboxylic acids is 1. The topological polar surface area (TPSA) is 38.3 Å². The van der Waals surface area contributed by atoms with Gasteiger partial charge in [0.15, 0.2) is 0 Å². The number of nitrogens with one attached hydrogen (secondary N) is 1. The highest BCUT2D eigenvalue weighted by molar-refractivity contribution is 7.99. The van der Waals surface area contributed by atoms with Crippen molar-refractivity contribution in [1.82, 2.24) is 5.32 Å². The Hall–Kier alpha value is -1.94. The molecule has 2 aromatic carbocycles. The van der Waals surface area contributed by atoms with E-state index in [0.717, 1.165) is 22.6 Å². The van der Waals surface area contributed by atoms with Gasteiger partial charge in [-0.15, -0.1) is 11.8 Å². The van der Waals surface area contributed by atoms with Gasteiger partial charge in [-0.05, 0) is 36.2 Å². The molecule has 0 fully saturated rings. The standard InChI is InChI=1S/C18H21NO2S/c1-14-8-9-15(12-17(14)21-2)13-18(20)19-10-11-22-16-6-4-3-5-7-16/h3-9,12H,10-11,13H2,1-2H3,(H,19,20). The van der Waals surface area contributed by atoms with Crippen molar-refractivity contribution < 1.29 is 9.53 Å². The molecule has 2 aromatic rings. The van der Waals surface area contributed by atoms with Crippen molar-refractivity contribution in [3.63, 3.8) is 0 Å². The van der Waals surface area contributed by atoms with E-state index >= 15 is 0 Å². The van der Waals surface area contributed by atoms with E-state index < -0.39 is 0 Å². The maximum Gasteiger partial charge on any atom is 0.224 e. The van der Waals surface area contributed by atoms with Crippen LogP contribution in [0.25, 0.3) is 0 Å². The lowest BCUT2D eigenvalue weighted by Gasteiger charge is -2.08. The Balaban J connectivity index is 1.74. The summed E-state index contributed by atoms with van der Waals surface area (Å²) in [7, 11) is 1.65. The van der Waals surface area contributed by atoms with Crippen molar-refractivity contribution in [1.29, 1.82) is 0 Å². The third-order valence-electron chi connectivity index (χ3n) is 3.27. The second kappa shape index (κ2) is 8.49. The number of ether oxygens (including phenoxy) is 1. The molecule has 4 heteroatoms. The number of carbonyl (C=O) groups is 1. The average Bonchev–Trinajstić information content (AvgIpc) is 2.54. The van der Waals surface area contributed by atoms with Crippen LogP contribution < -0.4 is 10.1 Å². The number of amides is 1. The van der Waals surface area contributed by atoms with Crippen LogP contribution in [0.5, 0.6) is 5.75 Å². The predicted octanol–water partition coefficient (Wildman–Crippen LogP) is 3.45. The summed E-state index contributed by atoms with van der Waals surface area (Å²) in [5.74, 6) is 1.73. The number of thioether (sulfide) groups is 1. The monoisotopic (exact) mass is 315 g/mol. The van der Waals surface area contributed by atoms with Gasteiger partial charge in [0.1, 0.15) is 5.75 Å². The Labute approximate surface area is 136 Å². The zero-order valence-electron chi connectivity index (χ0n) is 13.0. The molecule has 0 radical (unpaired) electrons. The van der Waals surface area contributed by atoms with Gasteiger partial charge in [0.2, 0.25) is 5.91 Å². The lowest BCUT2D eigenvalue weighted by atomic mass is 10.1. The van der Waals surface area contributed by atoms with E-state index in [9.17, 15) is 4.79 Å². The molecule has 22 heavy (non-hydrogen) atoms. The van der Waals surface area contributed by atoms with E-state index in [2.05, 4.69) is 17.4 Å². The SMILES string of the molecule is COc1cc(CC(=O)NCCSc2ccccc2)ccc1C. The first kappa shape index (κ1) is 16.4. The minimum Gasteiger partial charge on any atom is -0.496 e. The van der Waals surface area contributed by atoms with E-state index in [1.807, 2.05) is 43.3 Å². The van der Waals surface area contributed by atoms with Crippen LogP contribution in [0.15, 0.2) is 53.4 Å². The first-order valence-corrected chi connectivity index (χ1v) is 8.25. The van der Waals surface area contributed by atoms with Crippen molar-refractivity contribution in [2.24, 2.45) is 0 Å². The van der Waals surface area contributed by atoms with Crippen molar-refractivity contribution in [2.45, 2.75) is 18.2 Å². The Morgan fingerprint density at radius 1 is 1.18 bits per heavy atom. The van der Waals surface area contributed by atoms with Crippen LogP contribution in [0.1, 0.15) is 11.1 Å². The number of hydrogen-bond donors (Lipinski definition) is 1. The Morgan fingerprint density at radius 2 is 1.95 bits per heavy atom. The van der Waals surface area contributed by atoms with Crippen LogP contribution in [0.3, 0.4) is 0 Å². The summed E-state index contributed by atoms with van der Waals surface area (Å²) in [6.07, 6.45) is 0.382. The first-order chi connectivity index (χ1) is 10.7. The Bertz CT molecular complexity index is 614. The molecule has 0 unspecified atom stereocenters. The molecule has 1 N–H and O–H groups in total. The summed E-state index contributed by atoms with van der Waals surface area (Å²) in [4.78, 5) is 13.2. The molecule has 0 aliphatic heterocycles. The molecule has 0 bridgehead atoms. The summed E-state index contributed by atoms with van der Waals surface area (Å²) in [5.41, 5.74) is 2.04. The van der Waals surface area contributed by atoms with Gasteiger partial charge in [-0.1, -0.05) is 30.3 Å². The van der Waals surface area contributed by atoms with Gasteiger partial charge in [-0.25, -0.2) is 0 Å². The molecule has 0 atom stereocenters. The summed E-state index contributed by atoms with van der Waals surface area (Å²) in [5, 5.41) is 2.95. The fraction of sp³-hybridized carbons (Fsp3) is 0.278. The molecule has 0 aliphatic rings. The predicted molar refractivity (Wildman–Crippen MR) is 91.6 cm³/mol.